The lowest BCUT2D eigenvalue weighted by Gasteiger charge is -2.13. The maximum Gasteiger partial charge on any atom is 0.119 e. The minimum absolute atomic E-state index is 0.658. The van der Waals surface area contributed by atoms with Gasteiger partial charge in [0.15, 0.2) is 0 Å². The number of ether oxygens (including phenoxy) is 1. The Labute approximate surface area is 111 Å². The minimum atomic E-state index is -0.658. The first-order valence-electron chi connectivity index (χ1n) is 6.17. The van der Waals surface area contributed by atoms with Crippen molar-refractivity contribution < 1.29 is 9.84 Å². The van der Waals surface area contributed by atoms with Gasteiger partial charge in [-0.25, -0.2) is 0 Å². The average Bonchev–Trinajstić information content (AvgIpc) is 2.95. The van der Waals surface area contributed by atoms with E-state index in [1.54, 1.807) is 7.11 Å². The largest absolute Gasteiger partial charge is 0.497 e. The number of rotatable bonds is 3. The van der Waals surface area contributed by atoms with Gasteiger partial charge in [0.2, 0.25) is 0 Å². The van der Waals surface area contributed by atoms with Crippen molar-refractivity contribution in [2.75, 3.05) is 7.11 Å². The first kappa shape index (κ1) is 11.8. The topological polar surface area (TPSA) is 45.2 Å². The highest BCUT2D eigenvalue weighted by Crippen LogP contribution is 2.29. The molecule has 3 aromatic rings. The van der Waals surface area contributed by atoms with Gasteiger partial charge in [0.05, 0.1) is 7.11 Å². The molecule has 3 nitrogen and oxygen atoms in total. The van der Waals surface area contributed by atoms with Gasteiger partial charge in [-0.3, -0.25) is 0 Å². The van der Waals surface area contributed by atoms with Gasteiger partial charge in [0, 0.05) is 17.1 Å². The Morgan fingerprint density at radius 3 is 2.79 bits per heavy atom. The molecule has 96 valence electrons. The van der Waals surface area contributed by atoms with E-state index >= 15 is 0 Å². The lowest BCUT2D eigenvalue weighted by atomic mass is 9.98. The van der Waals surface area contributed by atoms with Crippen LogP contribution in [-0.2, 0) is 0 Å². The summed E-state index contributed by atoms with van der Waals surface area (Å²) >= 11 is 0. The Kier molecular flexibility index (Phi) is 2.97. The number of nitrogens with one attached hydrogen (secondary N) is 1. The summed E-state index contributed by atoms with van der Waals surface area (Å²) in [5, 5.41) is 11.6. The predicted octanol–water partition coefficient (Wildman–Crippen LogP) is 3.26. The zero-order chi connectivity index (χ0) is 13.2. The van der Waals surface area contributed by atoms with E-state index in [2.05, 4.69) is 4.98 Å². The van der Waals surface area contributed by atoms with E-state index in [1.165, 1.54) is 0 Å². The average molecular weight is 253 g/mol. The first-order valence-corrected chi connectivity index (χ1v) is 6.17. The van der Waals surface area contributed by atoms with Gasteiger partial charge in [-0.1, -0.05) is 24.3 Å². The predicted molar refractivity (Wildman–Crippen MR) is 75.4 cm³/mol. The van der Waals surface area contributed by atoms with E-state index in [9.17, 15) is 5.11 Å². The van der Waals surface area contributed by atoms with E-state index in [4.69, 9.17) is 4.74 Å². The molecule has 0 saturated carbocycles. The van der Waals surface area contributed by atoms with Crippen LogP contribution in [0.2, 0.25) is 0 Å². The monoisotopic (exact) mass is 253 g/mol. The summed E-state index contributed by atoms with van der Waals surface area (Å²) in [6, 6.07) is 15.4. The van der Waals surface area contributed by atoms with Crippen LogP contribution >= 0.6 is 0 Å². The molecule has 1 unspecified atom stereocenters. The molecular formula is C16H15NO2. The van der Waals surface area contributed by atoms with Crippen molar-refractivity contribution in [3.8, 4) is 5.75 Å². The molecule has 0 aliphatic heterocycles. The fraction of sp³-hybridized carbons (Fsp3) is 0.125. The maximum absolute atomic E-state index is 10.6. The van der Waals surface area contributed by atoms with Gasteiger partial charge in [0.1, 0.15) is 11.9 Å². The van der Waals surface area contributed by atoms with Crippen LogP contribution in [0.3, 0.4) is 0 Å². The Balaban J connectivity index is 2.07. The van der Waals surface area contributed by atoms with Crippen LogP contribution in [0.1, 0.15) is 17.2 Å². The summed E-state index contributed by atoms with van der Waals surface area (Å²) in [5.41, 5.74) is 2.75. The number of hydrogen-bond donors (Lipinski definition) is 2. The molecule has 1 atom stereocenters. The maximum atomic E-state index is 10.6. The quantitative estimate of drug-likeness (QED) is 0.752. The van der Waals surface area contributed by atoms with Gasteiger partial charge in [-0.05, 0) is 35.4 Å². The Morgan fingerprint density at radius 2 is 1.95 bits per heavy atom. The summed E-state index contributed by atoms with van der Waals surface area (Å²) in [5.74, 6) is 0.748. The molecule has 1 aromatic heterocycles. The third kappa shape index (κ3) is 2.09. The zero-order valence-electron chi connectivity index (χ0n) is 10.6. The number of fused-ring (bicyclic) bond motifs is 1. The number of hydrogen-bond acceptors (Lipinski definition) is 2. The molecule has 3 heteroatoms. The molecule has 0 saturated heterocycles. The van der Waals surface area contributed by atoms with Crippen LogP contribution in [0.15, 0.2) is 54.7 Å². The second-order valence-corrected chi connectivity index (χ2v) is 4.47. The van der Waals surface area contributed by atoms with Crippen LogP contribution in [0.5, 0.6) is 5.75 Å². The van der Waals surface area contributed by atoms with E-state index in [0.717, 1.165) is 27.8 Å². The summed E-state index contributed by atoms with van der Waals surface area (Å²) in [4.78, 5) is 3.15. The van der Waals surface area contributed by atoms with Crippen LogP contribution in [0.4, 0.5) is 0 Å². The molecule has 0 spiro atoms. The van der Waals surface area contributed by atoms with E-state index in [0.29, 0.717) is 0 Å². The van der Waals surface area contributed by atoms with E-state index in [1.807, 2.05) is 54.7 Å². The van der Waals surface area contributed by atoms with Gasteiger partial charge in [-0.2, -0.15) is 0 Å². The fourth-order valence-corrected chi connectivity index (χ4v) is 2.34. The highest BCUT2D eigenvalue weighted by atomic mass is 16.5. The van der Waals surface area contributed by atoms with Gasteiger partial charge in [0.25, 0.3) is 0 Å². The summed E-state index contributed by atoms with van der Waals surface area (Å²) in [6.07, 6.45) is 1.22. The number of methoxy groups -OCH3 is 1. The number of aromatic amines is 1. The lowest BCUT2D eigenvalue weighted by Crippen LogP contribution is -2.00. The summed E-state index contributed by atoms with van der Waals surface area (Å²) in [7, 11) is 1.62. The second-order valence-electron chi connectivity index (χ2n) is 4.47. The fourth-order valence-electron chi connectivity index (χ4n) is 2.34. The van der Waals surface area contributed by atoms with Gasteiger partial charge < -0.3 is 14.8 Å². The van der Waals surface area contributed by atoms with Crippen molar-refractivity contribution in [3.05, 3.63) is 65.9 Å². The molecule has 0 bridgehead atoms. The molecule has 1 heterocycles. The van der Waals surface area contributed by atoms with Crippen molar-refractivity contribution in [3.63, 3.8) is 0 Å². The number of H-pyrrole nitrogens is 1. The normalized spacial score (nSPS) is 12.5. The number of aliphatic hydroxyl groups excluding tert-OH is 1. The molecule has 2 N–H and O–H groups in total. The number of benzene rings is 2. The zero-order valence-corrected chi connectivity index (χ0v) is 10.6. The lowest BCUT2D eigenvalue weighted by molar-refractivity contribution is 0.221. The molecule has 2 aromatic carbocycles. The van der Waals surface area contributed by atoms with Gasteiger partial charge >= 0.3 is 0 Å². The third-order valence-electron chi connectivity index (χ3n) is 3.33. The van der Waals surface area contributed by atoms with E-state index < -0.39 is 6.10 Å². The van der Waals surface area contributed by atoms with Crippen LogP contribution in [-0.4, -0.2) is 17.2 Å². The number of aliphatic hydroxyl groups is 1. The van der Waals surface area contributed by atoms with Crippen molar-refractivity contribution in [2.45, 2.75) is 6.10 Å². The molecule has 0 aliphatic rings. The Bertz CT molecular complexity index is 703. The van der Waals surface area contributed by atoms with Crippen molar-refractivity contribution in [1.29, 1.82) is 0 Å². The minimum Gasteiger partial charge on any atom is -0.497 e. The summed E-state index contributed by atoms with van der Waals surface area (Å²) < 4.78 is 5.20. The summed E-state index contributed by atoms with van der Waals surface area (Å²) in [6.45, 7) is 0. The second kappa shape index (κ2) is 4.78. The van der Waals surface area contributed by atoms with Gasteiger partial charge in [-0.15, -0.1) is 0 Å². The van der Waals surface area contributed by atoms with Crippen molar-refractivity contribution in [2.24, 2.45) is 0 Å². The molecule has 0 aliphatic carbocycles. The van der Waals surface area contributed by atoms with Crippen LogP contribution < -0.4 is 4.74 Å². The Hall–Kier alpha value is -2.26. The van der Waals surface area contributed by atoms with E-state index in [-0.39, 0.29) is 0 Å². The Morgan fingerprint density at radius 1 is 1.11 bits per heavy atom. The van der Waals surface area contributed by atoms with Crippen LogP contribution in [0, 0.1) is 0 Å². The SMILES string of the molecule is COc1cccc(C(O)c2cccc3[nH]ccc23)c1. The highest BCUT2D eigenvalue weighted by molar-refractivity contribution is 5.83. The van der Waals surface area contributed by atoms with Crippen molar-refractivity contribution >= 4 is 10.9 Å². The molecule has 19 heavy (non-hydrogen) atoms. The van der Waals surface area contributed by atoms with Crippen molar-refractivity contribution in [1.82, 2.24) is 4.98 Å². The van der Waals surface area contributed by atoms with Crippen LogP contribution in [0.25, 0.3) is 10.9 Å². The molecule has 0 radical (unpaired) electrons. The molecule has 0 amide bonds. The standard InChI is InChI=1S/C16H15NO2/c1-19-12-5-2-4-11(10-12)16(18)14-6-3-7-15-13(14)8-9-17-15/h2-10,16-18H,1H3. The number of aromatic nitrogens is 1. The smallest absolute Gasteiger partial charge is 0.119 e. The molecule has 3 rings (SSSR count). The molecular weight excluding hydrogens is 238 g/mol. The molecule has 0 fully saturated rings. The third-order valence-corrected chi connectivity index (χ3v) is 3.33. The first-order chi connectivity index (χ1) is 9.29. The highest BCUT2D eigenvalue weighted by Gasteiger charge is 2.14.